The standard InChI is InChI=1S/C42H28/c1-3-11-29(12-4-1)31-19-23-33(24-20-31)40-27-35-28-41(34-25-21-32(22-26-34)30-13-5-2-6-14-30)37-16-8-10-18-39(37)42(35)38-17-9-7-15-36(38)40/h1-28H. The van der Waals surface area contributed by atoms with Crippen molar-refractivity contribution in [2.24, 2.45) is 0 Å². The van der Waals surface area contributed by atoms with Gasteiger partial charge in [-0.05, 0) is 89.0 Å². The van der Waals surface area contributed by atoms with Crippen molar-refractivity contribution in [2.45, 2.75) is 0 Å². The van der Waals surface area contributed by atoms with Gasteiger partial charge in [0.25, 0.3) is 0 Å². The summed E-state index contributed by atoms with van der Waals surface area (Å²) >= 11 is 0. The van der Waals surface area contributed by atoms with Gasteiger partial charge < -0.3 is 0 Å². The maximum Gasteiger partial charge on any atom is -0.00259 e. The second-order valence-corrected chi connectivity index (χ2v) is 10.9. The summed E-state index contributed by atoms with van der Waals surface area (Å²) in [6.07, 6.45) is 0. The fraction of sp³-hybridized carbons (Fsp3) is 0. The maximum absolute atomic E-state index is 2.39. The molecule has 0 saturated heterocycles. The average Bonchev–Trinajstić information content (AvgIpc) is 3.08. The third kappa shape index (κ3) is 4.17. The van der Waals surface area contributed by atoms with Crippen LogP contribution in [0, 0.1) is 0 Å². The van der Waals surface area contributed by atoms with Gasteiger partial charge >= 0.3 is 0 Å². The average molecular weight is 533 g/mol. The minimum Gasteiger partial charge on any atom is -0.0622 e. The zero-order valence-electron chi connectivity index (χ0n) is 23.2. The second kappa shape index (κ2) is 10.2. The first-order valence-corrected chi connectivity index (χ1v) is 14.5. The predicted octanol–water partition coefficient (Wildman–Crippen LogP) is 11.8. The highest BCUT2D eigenvalue weighted by Crippen LogP contribution is 2.42. The number of hydrogen-bond acceptors (Lipinski definition) is 0. The van der Waals surface area contributed by atoms with Crippen molar-refractivity contribution in [1.82, 2.24) is 0 Å². The third-order valence-corrected chi connectivity index (χ3v) is 8.47. The van der Waals surface area contributed by atoms with Crippen LogP contribution in [-0.4, -0.2) is 0 Å². The van der Waals surface area contributed by atoms with Crippen molar-refractivity contribution in [3.05, 3.63) is 170 Å². The molecule has 0 unspecified atom stereocenters. The molecule has 0 aromatic heterocycles. The van der Waals surface area contributed by atoms with Crippen LogP contribution in [0.2, 0.25) is 0 Å². The van der Waals surface area contributed by atoms with Crippen molar-refractivity contribution in [2.75, 3.05) is 0 Å². The molecule has 0 amide bonds. The lowest BCUT2D eigenvalue weighted by molar-refractivity contribution is 1.60. The molecular weight excluding hydrogens is 504 g/mol. The zero-order chi connectivity index (χ0) is 27.9. The molecule has 0 atom stereocenters. The van der Waals surface area contributed by atoms with E-state index in [2.05, 4.69) is 170 Å². The van der Waals surface area contributed by atoms with E-state index in [1.807, 2.05) is 0 Å². The van der Waals surface area contributed by atoms with E-state index in [1.54, 1.807) is 0 Å². The first-order chi connectivity index (χ1) is 20.8. The molecule has 0 aliphatic heterocycles. The van der Waals surface area contributed by atoms with E-state index in [0.29, 0.717) is 0 Å². The van der Waals surface area contributed by atoms with Crippen LogP contribution >= 0.6 is 0 Å². The van der Waals surface area contributed by atoms with Crippen LogP contribution in [0.15, 0.2) is 170 Å². The van der Waals surface area contributed by atoms with Gasteiger partial charge in [0.2, 0.25) is 0 Å². The van der Waals surface area contributed by atoms with E-state index in [9.17, 15) is 0 Å². The number of hydrogen-bond donors (Lipinski definition) is 0. The Morgan fingerprint density at radius 3 is 0.952 bits per heavy atom. The lowest BCUT2D eigenvalue weighted by Gasteiger charge is -2.16. The first kappa shape index (κ1) is 24.3. The predicted molar refractivity (Wildman–Crippen MR) is 181 cm³/mol. The monoisotopic (exact) mass is 532 g/mol. The van der Waals surface area contributed by atoms with Gasteiger partial charge in [0, 0.05) is 0 Å². The van der Waals surface area contributed by atoms with Crippen molar-refractivity contribution < 1.29 is 0 Å². The third-order valence-electron chi connectivity index (χ3n) is 8.47. The number of benzene rings is 8. The Hall–Kier alpha value is -5.46. The number of fused-ring (bicyclic) bond motifs is 5. The Labute approximate surface area is 246 Å². The van der Waals surface area contributed by atoms with Gasteiger partial charge in [-0.2, -0.15) is 0 Å². The topological polar surface area (TPSA) is 0 Å². The van der Waals surface area contributed by atoms with Crippen LogP contribution in [0.25, 0.3) is 76.8 Å². The van der Waals surface area contributed by atoms with Crippen molar-refractivity contribution in [3.63, 3.8) is 0 Å². The van der Waals surface area contributed by atoms with Gasteiger partial charge in [-0.3, -0.25) is 0 Å². The molecule has 0 spiro atoms. The Morgan fingerprint density at radius 2 is 0.548 bits per heavy atom. The van der Waals surface area contributed by atoms with Gasteiger partial charge in [0.1, 0.15) is 0 Å². The zero-order valence-corrected chi connectivity index (χ0v) is 23.2. The first-order valence-electron chi connectivity index (χ1n) is 14.5. The van der Waals surface area contributed by atoms with Gasteiger partial charge in [-0.25, -0.2) is 0 Å². The Bertz CT molecular complexity index is 2030. The quantitative estimate of drug-likeness (QED) is 0.198. The molecule has 42 heavy (non-hydrogen) atoms. The van der Waals surface area contributed by atoms with Gasteiger partial charge in [0.15, 0.2) is 0 Å². The summed E-state index contributed by atoms with van der Waals surface area (Å²) < 4.78 is 0. The molecule has 0 heteroatoms. The van der Waals surface area contributed by atoms with E-state index in [0.717, 1.165) is 0 Å². The van der Waals surface area contributed by atoms with Crippen LogP contribution in [0.4, 0.5) is 0 Å². The summed E-state index contributed by atoms with van der Waals surface area (Å²) in [5.41, 5.74) is 9.93. The van der Waals surface area contributed by atoms with E-state index >= 15 is 0 Å². The van der Waals surface area contributed by atoms with E-state index in [-0.39, 0.29) is 0 Å². The van der Waals surface area contributed by atoms with Crippen LogP contribution in [0.1, 0.15) is 0 Å². The molecule has 8 aromatic rings. The molecule has 0 aliphatic rings. The smallest absolute Gasteiger partial charge is 0.00259 e. The van der Waals surface area contributed by atoms with Crippen LogP contribution in [0.5, 0.6) is 0 Å². The molecule has 0 heterocycles. The lowest BCUT2D eigenvalue weighted by atomic mass is 9.87. The fourth-order valence-corrected chi connectivity index (χ4v) is 6.40. The van der Waals surface area contributed by atoms with Gasteiger partial charge in [-0.15, -0.1) is 0 Å². The molecule has 196 valence electrons. The molecule has 8 rings (SSSR count). The minimum absolute atomic E-state index is 1.23. The highest BCUT2D eigenvalue weighted by Gasteiger charge is 2.15. The molecule has 0 saturated carbocycles. The molecule has 0 bridgehead atoms. The van der Waals surface area contributed by atoms with E-state index in [4.69, 9.17) is 0 Å². The van der Waals surface area contributed by atoms with Crippen molar-refractivity contribution in [3.8, 4) is 44.5 Å². The maximum atomic E-state index is 2.39. The number of rotatable bonds is 4. The second-order valence-electron chi connectivity index (χ2n) is 10.9. The summed E-state index contributed by atoms with van der Waals surface area (Å²) in [5.74, 6) is 0. The van der Waals surface area contributed by atoms with Crippen LogP contribution in [-0.2, 0) is 0 Å². The molecular formula is C42H28. The van der Waals surface area contributed by atoms with E-state index < -0.39 is 0 Å². The molecule has 0 aliphatic carbocycles. The van der Waals surface area contributed by atoms with Crippen LogP contribution in [0.3, 0.4) is 0 Å². The van der Waals surface area contributed by atoms with Gasteiger partial charge in [-0.1, -0.05) is 158 Å². The Balaban J connectivity index is 1.33. The van der Waals surface area contributed by atoms with Gasteiger partial charge in [0.05, 0.1) is 0 Å². The van der Waals surface area contributed by atoms with Crippen molar-refractivity contribution >= 4 is 32.3 Å². The summed E-state index contributed by atoms with van der Waals surface area (Å²) in [7, 11) is 0. The summed E-state index contributed by atoms with van der Waals surface area (Å²) in [6.45, 7) is 0. The Kier molecular flexibility index (Phi) is 5.90. The lowest BCUT2D eigenvalue weighted by Crippen LogP contribution is -1.89. The van der Waals surface area contributed by atoms with E-state index in [1.165, 1.54) is 76.8 Å². The SMILES string of the molecule is c1ccc(-c2ccc(-c3cc4cc(-c5ccc(-c6ccccc6)cc5)c5ccccc5c4c4ccccc34)cc2)cc1. The highest BCUT2D eigenvalue weighted by molar-refractivity contribution is 6.25. The summed E-state index contributed by atoms with van der Waals surface area (Å²) in [6, 6.07) is 61.7. The highest BCUT2D eigenvalue weighted by atomic mass is 14.2. The Morgan fingerprint density at radius 1 is 0.238 bits per heavy atom. The fourth-order valence-electron chi connectivity index (χ4n) is 6.40. The normalized spacial score (nSPS) is 11.3. The molecule has 0 N–H and O–H groups in total. The molecule has 0 fully saturated rings. The van der Waals surface area contributed by atoms with Crippen LogP contribution < -0.4 is 0 Å². The summed E-state index contributed by atoms with van der Waals surface area (Å²) in [5, 5.41) is 7.72. The summed E-state index contributed by atoms with van der Waals surface area (Å²) in [4.78, 5) is 0. The largest absolute Gasteiger partial charge is 0.0622 e. The van der Waals surface area contributed by atoms with Crippen molar-refractivity contribution in [1.29, 1.82) is 0 Å². The molecule has 8 aromatic carbocycles. The molecule has 0 nitrogen and oxygen atoms in total. The molecule has 0 radical (unpaired) electrons. The minimum atomic E-state index is 1.23.